The summed E-state index contributed by atoms with van der Waals surface area (Å²) >= 11 is 1.58. The number of carbonyl (C=O) groups excluding carboxylic acids is 1. The summed E-state index contributed by atoms with van der Waals surface area (Å²) < 4.78 is 6.41. The number of aromatic nitrogens is 2. The molecule has 1 saturated heterocycles. The summed E-state index contributed by atoms with van der Waals surface area (Å²) in [4.78, 5) is 41.1. The number of thioether (sulfide) groups is 1. The number of ether oxygens (including phenoxy) is 1. The molecule has 3 rings (SSSR count). The fourth-order valence-corrected chi connectivity index (χ4v) is 3.84. The Hall–Kier alpha value is -2.06. The summed E-state index contributed by atoms with van der Waals surface area (Å²) in [5, 5.41) is 3.35. The number of nitrogens with one attached hydrogen (secondary N) is 2. The van der Waals surface area contributed by atoms with Crippen molar-refractivity contribution in [2.45, 2.75) is 25.3 Å². The van der Waals surface area contributed by atoms with Gasteiger partial charge in [0.25, 0.3) is 5.56 Å². The van der Waals surface area contributed by atoms with Crippen molar-refractivity contribution in [1.29, 1.82) is 0 Å². The van der Waals surface area contributed by atoms with Crippen LogP contribution in [0, 0.1) is 5.92 Å². The number of hydrogen-bond acceptors (Lipinski definition) is 5. The van der Waals surface area contributed by atoms with Crippen molar-refractivity contribution in [3.05, 3.63) is 45.1 Å². The van der Waals surface area contributed by atoms with Crippen LogP contribution in [0.25, 0.3) is 10.9 Å². The number of benzene rings is 1. The number of carbonyl (C=O) groups is 1. The Bertz CT molecular complexity index is 902. The average molecular weight is 391 g/mol. The summed E-state index contributed by atoms with van der Waals surface area (Å²) in [5.74, 6) is 0.766. The van der Waals surface area contributed by atoms with Crippen LogP contribution < -0.4 is 16.6 Å². The van der Waals surface area contributed by atoms with Gasteiger partial charge in [-0.05, 0) is 49.3 Å². The topological polar surface area (TPSA) is 93.2 Å². The zero-order valence-corrected chi connectivity index (χ0v) is 16.2. The molecular formula is C19H25N3O4S. The Kier molecular flexibility index (Phi) is 6.73. The minimum atomic E-state index is -0.821. The molecule has 146 valence electrons. The average Bonchev–Trinajstić information content (AvgIpc) is 2.69. The smallest absolute Gasteiger partial charge is 0.329 e. The number of hydrogen-bond donors (Lipinski definition) is 2. The third-order valence-electron chi connectivity index (χ3n) is 4.95. The van der Waals surface area contributed by atoms with Gasteiger partial charge >= 0.3 is 5.69 Å². The van der Waals surface area contributed by atoms with E-state index in [1.54, 1.807) is 36.0 Å². The predicted molar refractivity (Wildman–Crippen MR) is 107 cm³/mol. The van der Waals surface area contributed by atoms with Crippen LogP contribution in [-0.2, 0) is 9.53 Å². The first kappa shape index (κ1) is 19.7. The van der Waals surface area contributed by atoms with E-state index < -0.39 is 17.3 Å². The summed E-state index contributed by atoms with van der Waals surface area (Å²) in [6.07, 6.45) is 4.17. The van der Waals surface area contributed by atoms with E-state index in [0.29, 0.717) is 48.8 Å². The van der Waals surface area contributed by atoms with Crippen LogP contribution in [-0.4, -0.2) is 47.2 Å². The second-order valence-corrected chi connectivity index (χ2v) is 7.73. The molecular weight excluding hydrogens is 366 g/mol. The predicted octanol–water partition coefficient (Wildman–Crippen LogP) is 1.53. The van der Waals surface area contributed by atoms with E-state index in [-0.39, 0.29) is 5.91 Å². The van der Waals surface area contributed by atoms with Gasteiger partial charge in [-0.2, -0.15) is 11.8 Å². The van der Waals surface area contributed by atoms with Crippen LogP contribution in [0.3, 0.4) is 0 Å². The summed E-state index contributed by atoms with van der Waals surface area (Å²) in [7, 11) is 0. The van der Waals surface area contributed by atoms with Crippen LogP contribution in [0.2, 0.25) is 0 Å². The maximum Gasteiger partial charge on any atom is 0.329 e. The van der Waals surface area contributed by atoms with Crippen molar-refractivity contribution in [3.63, 3.8) is 0 Å². The summed E-state index contributed by atoms with van der Waals surface area (Å²) in [6, 6.07) is 6.03. The van der Waals surface area contributed by atoms with Gasteiger partial charge in [0.05, 0.1) is 10.9 Å². The van der Waals surface area contributed by atoms with Crippen molar-refractivity contribution in [3.8, 4) is 0 Å². The molecule has 8 heteroatoms. The van der Waals surface area contributed by atoms with Crippen molar-refractivity contribution >= 4 is 28.6 Å². The molecule has 0 aliphatic carbocycles. The molecule has 1 amide bonds. The summed E-state index contributed by atoms with van der Waals surface area (Å²) in [6.45, 7) is 1.96. The standard InChI is InChI=1S/C19H25N3O4S/c1-27-11-8-16(17(23)20-12-13-6-9-26-10-7-13)22-18(24)14-4-2-3-5-15(14)21-19(22)25/h2-5,13,16H,6-12H2,1H3,(H,20,23)(H,21,25). The van der Waals surface area contributed by atoms with Gasteiger partial charge in [-0.3, -0.25) is 9.59 Å². The monoisotopic (exact) mass is 391 g/mol. The molecule has 0 spiro atoms. The minimum Gasteiger partial charge on any atom is -0.381 e. The third-order valence-corrected chi connectivity index (χ3v) is 5.60. The van der Waals surface area contributed by atoms with Crippen LogP contribution >= 0.6 is 11.8 Å². The number of para-hydroxylation sites is 1. The molecule has 1 aromatic heterocycles. The lowest BCUT2D eigenvalue weighted by atomic mass is 10.0. The molecule has 2 heterocycles. The highest BCUT2D eigenvalue weighted by molar-refractivity contribution is 7.98. The first-order valence-corrected chi connectivity index (χ1v) is 10.6. The van der Waals surface area contributed by atoms with Gasteiger partial charge < -0.3 is 15.0 Å². The molecule has 1 aromatic carbocycles. The van der Waals surface area contributed by atoms with Crippen molar-refractivity contribution < 1.29 is 9.53 Å². The zero-order chi connectivity index (χ0) is 19.2. The van der Waals surface area contributed by atoms with Gasteiger partial charge in [0, 0.05) is 19.8 Å². The number of amides is 1. The maximum absolute atomic E-state index is 12.9. The van der Waals surface area contributed by atoms with Crippen molar-refractivity contribution in [2.24, 2.45) is 5.92 Å². The fourth-order valence-electron chi connectivity index (χ4n) is 3.38. The number of fused-ring (bicyclic) bond motifs is 1. The van der Waals surface area contributed by atoms with E-state index in [4.69, 9.17) is 4.74 Å². The van der Waals surface area contributed by atoms with E-state index in [9.17, 15) is 14.4 Å². The molecule has 7 nitrogen and oxygen atoms in total. The van der Waals surface area contributed by atoms with Crippen molar-refractivity contribution in [1.82, 2.24) is 14.9 Å². The Morgan fingerprint density at radius 3 is 2.81 bits per heavy atom. The van der Waals surface area contributed by atoms with Crippen LogP contribution in [0.1, 0.15) is 25.3 Å². The molecule has 1 aliphatic rings. The van der Waals surface area contributed by atoms with E-state index >= 15 is 0 Å². The minimum absolute atomic E-state index is 0.279. The summed E-state index contributed by atoms with van der Waals surface area (Å²) in [5.41, 5.74) is -0.498. The van der Waals surface area contributed by atoms with Gasteiger partial charge in [0.2, 0.25) is 5.91 Å². The zero-order valence-electron chi connectivity index (χ0n) is 15.4. The molecule has 1 fully saturated rings. The maximum atomic E-state index is 12.9. The first-order chi connectivity index (χ1) is 13.1. The Balaban J connectivity index is 1.87. The molecule has 1 aliphatic heterocycles. The van der Waals surface area contributed by atoms with Crippen molar-refractivity contribution in [2.75, 3.05) is 31.8 Å². The van der Waals surface area contributed by atoms with E-state index in [1.165, 1.54) is 0 Å². The molecule has 2 aromatic rings. The lowest BCUT2D eigenvalue weighted by Crippen LogP contribution is -2.45. The van der Waals surface area contributed by atoms with Crippen LogP contribution in [0.4, 0.5) is 0 Å². The highest BCUT2D eigenvalue weighted by Crippen LogP contribution is 2.16. The second kappa shape index (κ2) is 9.23. The number of H-pyrrole nitrogens is 1. The Morgan fingerprint density at radius 2 is 2.07 bits per heavy atom. The van der Waals surface area contributed by atoms with Gasteiger partial charge in [0.15, 0.2) is 0 Å². The van der Waals surface area contributed by atoms with Crippen LogP contribution in [0.5, 0.6) is 0 Å². The quantitative estimate of drug-likeness (QED) is 0.747. The molecule has 0 saturated carbocycles. The Labute approximate surface area is 161 Å². The normalized spacial score (nSPS) is 16.3. The van der Waals surface area contributed by atoms with E-state index in [1.807, 2.05) is 6.26 Å². The number of rotatable bonds is 7. The molecule has 1 atom stereocenters. The fraction of sp³-hybridized carbons (Fsp3) is 0.526. The SMILES string of the molecule is CSCCC(C(=O)NCC1CCOCC1)n1c(=O)[nH]c2ccccc2c1=O. The first-order valence-electron chi connectivity index (χ1n) is 9.19. The third kappa shape index (κ3) is 4.62. The lowest BCUT2D eigenvalue weighted by Gasteiger charge is -2.24. The van der Waals surface area contributed by atoms with Gasteiger partial charge in [-0.25, -0.2) is 9.36 Å². The van der Waals surface area contributed by atoms with Crippen LogP contribution in [0.15, 0.2) is 33.9 Å². The molecule has 0 radical (unpaired) electrons. The van der Waals surface area contributed by atoms with E-state index in [2.05, 4.69) is 10.3 Å². The molecule has 0 bridgehead atoms. The highest BCUT2D eigenvalue weighted by atomic mass is 32.2. The number of aromatic amines is 1. The lowest BCUT2D eigenvalue weighted by molar-refractivity contribution is -0.124. The largest absolute Gasteiger partial charge is 0.381 e. The van der Waals surface area contributed by atoms with E-state index in [0.717, 1.165) is 17.4 Å². The van der Waals surface area contributed by atoms with Gasteiger partial charge in [-0.15, -0.1) is 0 Å². The number of nitrogens with zero attached hydrogens (tertiary/aromatic N) is 1. The highest BCUT2D eigenvalue weighted by Gasteiger charge is 2.25. The second-order valence-electron chi connectivity index (χ2n) is 6.75. The van der Waals surface area contributed by atoms with Gasteiger partial charge in [0.1, 0.15) is 6.04 Å². The molecule has 2 N–H and O–H groups in total. The van der Waals surface area contributed by atoms with Gasteiger partial charge in [-0.1, -0.05) is 12.1 Å². The molecule has 27 heavy (non-hydrogen) atoms. The molecule has 1 unspecified atom stereocenters. The Morgan fingerprint density at radius 1 is 1.33 bits per heavy atom.